The number of carboxylic acid groups (broad SMARTS) is 1. The van der Waals surface area contributed by atoms with Crippen molar-refractivity contribution in [3.63, 3.8) is 0 Å². The molecule has 2 N–H and O–H groups in total. The van der Waals surface area contributed by atoms with E-state index < -0.39 is 12.1 Å². The van der Waals surface area contributed by atoms with E-state index in [0.717, 1.165) is 49.8 Å². The van der Waals surface area contributed by atoms with Crippen molar-refractivity contribution in [2.45, 2.75) is 64.4 Å². The molecule has 0 unspecified atom stereocenters. The fourth-order valence-electron chi connectivity index (χ4n) is 4.42. The summed E-state index contributed by atoms with van der Waals surface area (Å²) in [6, 6.07) is 7.90. The van der Waals surface area contributed by atoms with Gasteiger partial charge < -0.3 is 20.1 Å². The second-order valence-corrected chi connectivity index (χ2v) is 8.57. The Kier molecular flexibility index (Phi) is 7.34. The number of amides is 2. The van der Waals surface area contributed by atoms with Gasteiger partial charge in [0.2, 0.25) is 5.91 Å². The lowest BCUT2D eigenvalue weighted by molar-refractivity contribution is -0.141. The van der Waals surface area contributed by atoms with Crippen molar-refractivity contribution in [1.29, 1.82) is 0 Å². The minimum absolute atomic E-state index is 0.0301. The van der Waals surface area contributed by atoms with Crippen molar-refractivity contribution in [3.8, 4) is 5.75 Å². The summed E-state index contributed by atoms with van der Waals surface area (Å²) in [4.78, 5) is 37.4. The Hall–Kier alpha value is -2.57. The Balaban J connectivity index is 1.64. The van der Waals surface area contributed by atoms with Gasteiger partial charge in [0.25, 0.3) is 5.91 Å². The number of nitrogens with zero attached hydrogens (tertiary/aromatic N) is 1. The van der Waals surface area contributed by atoms with Crippen LogP contribution in [0.3, 0.4) is 0 Å². The number of hydrogen-bond donors (Lipinski definition) is 2. The van der Waals surface area contributed by atoms with Gasteiger partial charge in [-0.1, -0.05) is 24.6 Å². The highest BCUT2D eigenvalue weighted by atomic mass is 16.5. The molecule has 2 heterocycles. The molecule has 1 atom stereocenters. The highest BCUT2D eigenvalue weighted by Gasteiger charge is 2.36. The summed E-state index contributed by atoms with van der Waals surface area (Å²) in [6.45, 7) is 3.58. The van der Waals surface area contributed by atoms with Crippen molar-refractivity contribution < 1.29 is 24.2 Å². The maximum Gasteiger partial charge on any atom is 0.303 e. The molecule has 1 aromatic carbocycles. The first-order chi connectivity index (χ1) is 14.4. The van der Waals surface area contributed by atoms with Gasteiger partial charge in [-0.15, -0.1) is 0 Å². The molecule has 2 aliphatic heterocycles. The molecule has 1 spiro atoms. The fourth-order valence-corrected chi connectivity index (χ4v) is 4.42. The van der Waals surface area contributed by atoms with Gasteiger partial charge in [0.1, 0.15) is 5.75 Å². The number of aryl methyl sites for hydroxylation is 1. The van der Waals surface area contributed by atoms with E-state index in [2.05, 4.69) is 11.4 Å². The van der Waals surface area contributed by atoms with Gasteiger partial charge in [-0.25, -0.2) is 0 Å². The van der Waals surface area contributed by atoms with Gasteiger partial charge in [0.05, 0.1) is 6.42 Å². The molecule has 0 radical (unpaired) electrons. The maximum absolute atomic E-state index is 12.6. The van der Waals surface area contributed by atoms with Crippen molar-refractivity contribution in [2.75, 3.05) is 19.6 Å². The first-order valence-electron chi connectivity index (χ1n) is 10.9. The van der Waals surface area contributed by atoms with Gasteiger partial charge in [0.15, 0.2) is 6.10 Å². The van der Waals surface area contributed by atoms with Crippen molar-refractivity contribution >= 4 is 17.8 Å². The first-order valence-corrected chi connectivity index (χ1v) is 10.9. The summed E-state index contributed by atoms with van der Waals surface area (Å²) in [5.74, 6) is -0.381. The number of carboxylic acids is 1. The number of benzene rings is 1. The van der Waals surface area contributed by atoms with Gasteiger partial charge in [-0.05, 0) is 56.1 Å². The van der Waals surface area contributed by atoms with E-state index in [-0.39, 0.29) is 30.1 Å². The standard InChI is InChI=1S/C23H32N2O5/c1-17-22(29)24-16-23(11-5-4-7-18-6-2-3-8-19(18)30-17)12-14-25(15-13-23)20(26)9-10-21(27)28/h2-3,6,8,17H,4-5,7,9-16H2,1H3,(H,24,29)(H,27,28)/t17-/m1/s1. The van der Waals surface area contributed by atoms with Crippen molar-refractivity contribution in [1.82, 2.24) is 10.2 Å². The lowest BCUT2D eigenvalue weighted by Crippen LogP contribution is -2.49. The van der Waals surface area contributed by atoms with Crippen LogP contribution in [0.15, 0.2) is 24.3 Å². The van der Waals surface area contributed by atoms with Crippen LogP contribution in [0.25, 0.3) is 0 Å². The number of aliphatic carboxylic acids is 1. The molecule has 2 amide bonds. The molecular formula is C23H32N2O5. The first kappa shape index (κ1) is 22.1. The number of carbonyl (C=O) groups is 3. The number of carbonyl (C=O) groups excluding carboxylic acids is 2. The predicted octanol–water partition coefficient (Wildman–Crippen LogP) is 2.77. The monoisotopic (exact) mass is 416 g/mol. The SMILES string of the molecule is C[C@H]1Oc2ccccc2CCCCC2(CCN(C(=O)CCC(=O)O)CC2)CNC1=O. The molecule has 0 aromatic heterocycles. The van der Waals surface area contributed by atoms with E-state index >= 15 is 0 Å². The molecule has 3 rings (SSSR count). The molecule has 30 heavy (non-hydrogen) atoms. The molecule has 0 saturated carbocycles. The number of hydrogen-bond acceptors (Lipinski definition) is 4. The number of fused-ring (bicyclic) bond motifs is 1. The zero-order chi connectivity index (χ0) is 21.6. The van der Waals surface area contributed by atoms with Crippen LogP contribution < -0.4 is 10.1 Å². The quantitative estimate of drug-likeness (QED) is 0.790. The summed E-state index contributed by atoms with van der Waals surface area (Å²) >= 11 is 0. The Morgan fingerprint density at radius 1 is 1.17 bits per heavy atom. The molecule has 0 aliphatic carbocycles. The van der Waals surface area contributed by atoms with Crippen LogP contribution >= 0.6 is 0 Å². The minimum Gasteiger partial charge on any atom is -0.481 e. The third kappa shape index (κ3) is 5.74. The largest absolute Gasteiger partial charge is 0.481 e. The Morgan fingerprint density at radius 3 is 2.63 bits per heavy atom. The van der Waals surface area contributed by atoms with E-state index in [1.54, 1.807) is 11.8 Å². The lowest BCUT2D eigenvalue weighted by atomic mass is 9.74. The van der Waals surface area contributed by atoms with E-state index in [0.29, 0.717) is 19.6 Å². The van der Waals surface area contributed by atoms with Crippen LogP contribution in [0.2, 0.25) is 0 Å². The molecular weight excluding hydrogens is 384 g/mol. The maximum atomic E-state index is 12.6. The number of likely N-dealkylation sites (tertiary alicyclic amines) is 1. The van der Waals surface area contributed by atoms with E-state index in [1.165, 1.54) is 0 Å². The minimum atomic E-state index is -0.947. The summed E-state index contributed by atoms with van der Waals surface area (Å²) in [7, 11) is 0. The third-order valence-electron chi connectivity index (χ3n) is 6.42. The summed E-state index contributed by atoms with van der Waals surface area (Å²) < 4.78 is 5.94. The van der Waals surface area contributed by atoms with E-state index in [1.807, 2.05) is 18.2 Å². The fraction of sp³-hybridized carbons (Fsp3) is 0.609. The van der Waals surface area contributed by atoms with Gasteiger partial charge in [-0.3, -0.25) is 14.4 Å². The third-order valence-corrected chi connectivity index (χ3v) is 6.42. The second-order valence-electron chi connectivity index (χ2n) is 8.57. The number of ether oxygens (including phenoxy) is 1. The molecule has 1 aromatic rings. The normalized spacial score (nSPS) is 22.1. The highest BCUT2D eigenvalue weighted by Crippen LogP contribution is 2.37. The van der Waals surface area contributed by atoms with Gasteiger partial charge in [-0.2, -0.15) is 0 Å². The summed E-state index contributed by atoms with van der Waals surface area (Å²) in [6.07, 6.45) is 5.00. The average Bonchev–Trinajstić information content (AvgIpc) is 2.74. The smallest absolute Gasteiger partial charge is 0.303 e. The van der Waals surface area contributed by atoms with Crippen molar-refractivity contribution in [3.05, 3.63) is 29.8 Å². The number of piperidine rings is 1. The predicted molar refractivity (Wildman–Crippen MR) is 112 cm³/mol. The van der Waals surface area contributed by atoms with Crippen LogP contribution in [0.4, 0.5) is 0 Å². The Labute approximate surface area is 177 Å². The van der Waals surface area contributed by atoms with E-state index in [4.69, 9.17) is 9.84 Å². The topological polar surface area (TPSA) is 95.9 Å². The molecule has 1 saturated heterocycles. The molecule has 2 aliphatic rings. The second kappa shape index (κ2) is 9.96. The molecule has 164 valence electrons. The van der Waals surface area contributed by atoms with E-state index in [9.17, 15) is 14.4 Å². The highest BCUT2D eigenvalue weighted by molar-refractivity contribution is 5.81. The van der Waals surface area contributed by atoms with Crippen LogP contribution in [0.5, 0.6) is 5.75 Å². The van der Waals surface area contributed by atoms with Crippen LogP contribution in [0, 0.1) is 5.41 Å². The Bertz CT molecular complexity index is 771. The summed E-state index contributed by atoms with van der Waals surface area (Å²) in [5.41, 5.74) is 1.10. The molecule has 7 nitrogen and oxygen atoms in total. The van der Waals surface area contributed by atoms with Crippen LogP contribution in [-0.2, 0) is 20.8 Å². The Morgan fingerprint density at radius 2 is 1.90 bits per heavy atom. The van der Waals surface area contributed by atoms with Crippen LogP contribution in [-0.4, -0.2) is 53.5 Å². The zero-order valence-electron chi connectivity index (χ0n) is 17.7. The van der Waals surface area contributed by atoms with Crippen molar-refractivity contribution in [2.24, 2.45) is 5.41 Å². The number of para-hydroxylation sites is 1. The molecule has 7 heteroatoms. The average molecular weight is 417 g/mol. The number of nitrogens with one attached hydrogen (secondary N) is 1. The van der Waals surface area contributed by atoms with Crippen LogP contribution in [0.1, 0.15) is 57.4 Å². The lowest BCUT2D eigenvalue weighted by Gasteiger charge is -2.42. The number of rotatable bonds is 3. The van der Waals surface area contributed by atoms with Gasteiger partial charge in [0, 0.05) is 26.1 Å². The summed E-state index contributed by atoms with van der Waals surface area (Å²) in [5, 5.41) is 11.9. The van der Waals surface area contributed by atoms with Gasteiger partial charge >= 0.3 is 5.97 Å². The molecule has 1 fully saturated rings. The molecule has 0 bridgehead atoms. The zero-order valence-corrected chi connectivity index (χ0v) is 17.7.